The van der Waals surface area contributed by atoms with Gasteiger partial charge >= 0.3 is 0 Å². The molecule has 0 saturated carbocycles. The second kappa shape index (κ2) is 7.62. The largest absolute Gasteiger partial charge is 0.340 e. The molecule has 1 unspecified atom stereocenters. The highest BCUT2D eigenvalue weighted by Crippen LogP contribution is 2.15. The standard InChI is InChI=1S/C19H23NO3S/c1-15-8-7-11-18(12-15)14-24(22,23)16(2)19(21)20(3)13-17-9-5-4-6-10-17/h4-12,16H,13-14H2,1-3H3. The maximum atomic E-state index is 12.6. The Hall–Kier alpha value is -2.14. The van der Waals surface area contributed by atoms with Crippen molar-refractivity contribution < 1.29 is 13.2 Å². The zero-order valence-electron chi connectivity index (χ0n) is 14.3. The Morgan fingerprint density at radius 3 is 2.29 bits per heavy atom. The van der Waals surface area contributed by atoms with Crippen molar-refractivity contribution in [1.29, 1.82) is 0 Å². The van der Waals surface area contributed by atoms with Crippen LogP contribution in [0.15, 0.2) is 54.6 Å². The monoisotopic (exact) mass is 345 g/mol. The van der Waals surface area contributed by atoms with Crippen LogP contribution in [-0.4, -0.2) is 31.5 Å². The first-order valence-electron chi connectivity index (χ1n) is 7.85. The third-order valence-electron chi connectivity index (χ3n) is 3.98. The molecule has 0 saturated heterocycles. The van der Waals surface area contributed by atoms with Gasteiger partial charge in [-0.15, -0.1) is 0 Å². The smallest absolute Gasteiger partial charge is 0.240 e. The minimum absolute atomic E-state index is 0.124. The van der Waals surface area contributed by atoms with Crippen LogP contribution in [0, 0.1) is 6.92 Å². The van der Waals surface area contributed by atoms with E-state index in [1.165, 1.54) is 11.8 Å². The fraction of sp³-hybridized carbons (Fsp3) is 0.316. The van der Waals surface area contributed by atoms with Gasteiger partial charge in [0.2, 0.25) is 5.91 Å². The van der Waals surface area contributed by atoms with Gasteiger partial charge in [-0.3, -0.25) is 4.79 Å². The Morgan fingerprint density at radius 2 is 1.67 bits per heavy atom. The molecule has 0 aliphatic rings. The lowest BCUT2D eigenvalue weighted by molar-refractivity contribution is -0.129. The molecular formula is C19H23NO3S. The van der Waals surface area contributed by atoms with Gasteiger partial charge in [-0.05, 0) is 25.0 Å². The first-order chi connectivity index (χ1) is 11.3. The van der Waals surface area contributed by atoms with Crippen LogP contribution in [0.3, 0.4) is 0 Å². The van der Waals surface area contributed by atoms with Gasteiger partial charge in [0, 0.05) is 13.6 Å². The molecule has 2 rings (SSSR count). The van der Waals surface area contributed by atoms with E-state index in [0.717, 1.165) is 11.1 Å². The normalized spacial score (nSPS) is 12.6. The topological polar surface area (TPSA) is 54.5 Å². The lowest BCUT2D eigenvalue weighted by Crippen LogP contribution is -2.39. The van der Waals surface area contributed by atoms with Crippen LogP contribution in [0.2, 0.25) is 0 Å². The number of benzene rings is 2. The summed E-state index contributed by atoms with van der Waals surface area (Å²) in [5.74, 6) is -0.507. The van der Waals surface area contributed by atoms with Crippen molar-refractivity contribution in [2.45, 2.75) is 31.4 Å². The summed E-state index contributed by atoms with van der Waals surface area (Å²) in [6.07, 6.45) is 0. The maximum Gasteiger partial charge on any atom is 0.240 e. The number of nitrogens with zero attached hydrogens (tertiary/aromatic N) is 1. The van der Waals surface area contributed by atoms with Crippen molar-refractivity contribution in [3.8, 4) is 0 Å². The highest BCUT2D eigenvalue weighted by atomic mass is 32.2. The molecule has 2 aromatic rings. The number of hydrogen-bond acceptors (Lipinski definition) is 3. The highest BCUT2D eigenvalue weighted by molar-refractivity contribution is 7.92. The lowest BCUT2D eigenvalue weighted by Gasteiger charge is -2.21. The number of rotatable bonds is 6. The minimum atomic E-state index is -3.56. The summed E-state index contributed by atoms with van der Waals surface area (Å²) >= 11 is 0. The molecule has 2 aromatic carbocycles. The van der Waals surface area contributed by atoms with E-state index >= 15 is 0 Å². The molecule has 0 spiro atoms. The summed E-state index contributed by atoms with van der Waals surface area (Å²) in [4.78, 5) is 14.0. The van der Waals surface area contributed by atoms with Gasteiger partial charge in [-0.1, -0.05) is 60.2 Å². The van der Waals surface area contributed by atoms with Crippen molar-refractivity contribution in [2.24, 2.45) is 0 Å². The van der Waals surface area contributed by atoms with E-state index < -0.39 is 15.1 Å². The molecular weight excluding hydrogens is 322 g/mol. The summed E-state index contributed by atoms with van der Waals surface area (Å²) in [6.45, 7) is 3.78. The minimum Gasteiger partial charge on any atom is -0.340 e. The molecule has 0 aromatic heterocycles. The summed E-state index contributed by atoms with van der Waals surface area (Å²) in [6, 6.07) is 16.9. The fourth-order valence-electron chi connectivity index (χ4n) is 2.56. The van der Waals surface area contributed by atoms with Crippen molar-refractivity contribution in [3.05, 3.63) is 71.3 Å². The quantitative estimate of drug-likeness (QED) is 0.809. The van der Waals surface area contributed by atoms with E-state index in [1.807, 2.05) is 55.5 Å². The van der Waals surface area contributed by atoms with Gasteiger partial charge in [-0.25, -0.2) is 8.42 Å². The molecule has 0 radical (unpaired) electrons. The molecule has 128 valence electrons. The van der Waals surface area contributed by atoms with Crippen LogP contribution < -0.4 is 0 Å². The number of hydrogen-bond donors (Lipinski definition) is 0. The molecule has 0 N–H and O–H groups in total. The van der Waals surface area contributed by atoms with Crippen molar-refractivity contribution in [3.63, 3.8) is 0 Å². The average Bonchev–Trinajstić information content (AvgIpc) is 2.54. The van der Waals surface area contributed by atoms with Crippen molar-refractivity contribution in [1.82, 2.24) is 4.90 Å². The van der Waals surface area contributed by atoms with Gasteiger partial charge in [0.25, 0.3) is 0 Å². The molecule has 0 heterocycles. The SMILES string of the molecule is Cc1cccc(CS(=O)(=O)C(C)C(=O)N(C)Cc2ccccc2)c1. The molecule has 1 atom stereocenters. The summed E-state index contributed by atoms with van der Waals surface area (Å²) in [5.41, 5.74) is 2.68. The maximum absolute atomic E-state index is 12.6. The first kappa shape index (κ1) is 18.2. The third-order valence-corrected chi connectivity index (χ3v) is 5.99. The third kappa shape index (κ3) is 4.68. The van der Waals surface area contributed by atoms with E-state index in [2.05, 4.69) is 0 Å². The van der Waals surface area contributed by atoms with E-state index in [0.29, 0.717) is 12.1 Å². The van der Waals surface area contributed by atoms with Crippen molar-refractivity contribution >= 4 is 15.7 Å². The summed E-state index contributed by atoms with van der Waals surface area (Å²) in [5, 5.41) is -1.06. The lowest BCUT2D eigenvalue weighted by atomic mass is 10.2. The molecule has 0 bridgehead atoms. The molecule has 5 heteroatoms. The van der Waals surface area contributed by atoms with Crippen LogP contribution in [0.1, 0.15) is 23.6 Å². The average molecular weight is 345 g/mol. The molecule has 0 aliphatic heterocycles. The Labute approximate surface area is 144 Å². The Balaban J connectivity index is 2.08. The number of carbonyl (C=O) groups is 1. The van der Waals surface area contributed by atoms with Gasteiger partial charge < -0.3 is 4.90 Å². The van der Waals surface area contributed by atoms with Gasteiger partial charge in [0.05, 0.1) is 5.75 Å². The van der Waals surface area contributed by atoms with E-state index in [-0.39, 0.29) is 11.7 Å². The van der Waals surface area contributed by atoms with Crippen LogP contribution in [0.4, 0.5) is 0 Å². The summed E-state index contributed by atoms with van der Waals surface area (Å²) in [7, 11) is -1.92. The Kier molecular flexibility index (Phi) is 5.78. The second-order valence-electron chi connectivity index (χ2n) is 6.12. The number of amides is 1. The van der Waals surface area contributed by atoms with Gasteiger partial charge in [0.1, 0.15) is 5.25 Å². The number of sulfone groups is 1. The van der Waals surface area contributed by atoms with Crippen LogP contribution >= 0.6 is 0 Å². The molecule has 24 heavy (non-hydrogen) atoms. The van der Waals surface area contributed by atoms with Crippen LogP contribution in [0.25, 0.3) is 0 Å². The Bertz CT molecular complexity index is 800. The number of aryl methyl sites for hydroxylation is 1. The predicted molar refractivity (Wildman–Crippen MR) is 96.2 cm³/mol. The fourth-order valence-corrected chi connectivity index (χ4v) is 3.94. The van der Waals surface area contributed by atoms with E-state index in [9.17, 15) is 13.2 Å². The molecule has 0 aliphatic carbocycles. The van der Waals surface area contributed by atoms with Gasteiger partial charge in [-0.2, -0.15) is 0 Å². The van der Waals surface area contributed by atoms with Crippen molar-refractivity contribution in [2.75, 3.05) is 7.05 Å². The van der Waals surface area contributed by atoms with Crippen LogP contribution in [0.5, 0.6) is 0 Å². The van der Waals surface area contributed by atoms with E-state index in [1.54, 1.807) is 13.1 Å². The van der Waals surface area contributed by atoms with Crippen LogP contribution in [-0.2, 0) is 26.9 Å². The second-order valence-corrected chi connectivity index (χ2v) is 8.44. The zero-order valence-corrected chi connectivity index (χ0v) is 15.1. The van der Waals surface area contributed by atoms with E-state index in [4.69, 9.17) is 0 Å². The summed E-state index contributed by atoms with van der Waals surface area (Å²) < 4.78 is 25.1. The molecule has 0 fully saturated rings. The predicted octanol–water partition coefficient (Wildman–Crippen LogP) is 2.96. The zero-order chi connectivity index (χ0) is 17.7. The highest BCUT2D eigenvalue weighted by Gasteiger charge is 2.30. The Morgan fingerprint density at radius 1 is 1.04 bits per heavy atom. The first-order valence-corrected chi connectivity index (χ1v) is 9.57. The number of carbonyl (C=O) groups excluding carboxylic acids is 1. The molecule has 4 nitrogen and oxygen atoms in total. The molecule has 1 amide bonds. The van der Waals surface area contributed by atoms with Gasteiger partial charge in [0.15, 0.2) is 9.84 Å².